The molecule has 0 heterocycles. The number of hydrogen-bond donors (Lipinski definition) is 1. The Labute approximate surface area is 94.0 Å². The van der Waals surface area contributed by atoms with Gasteiger partial charge in [-0.15, -0.1) is 0 Å². The van der Waals surface area contributed by atoms with Crippen molar-refractivity contribution in [2.45, 2.75) is 19.8 Å². The fourth-order valence-electron chi connectivity index (χ4n) is 1.84. The Balaban J connectivity index is 2.28. The van der Waals surface area contributed by atoms with Crippen molar-refractivity contribution in [3.8, 4) is 0 Å². The quantitative estimate of drug-likeness (QED) is 0.800. The first kappa shape index (κ1) is 11.2. The molecule has 0 atom stereocenters. The molecule has 2 rings (SSSR count). The molecule has 1 aromatic rings. The van der Waals surface area contributed by atoms with E-state index in [-0.39, 0.29) is 5.69 Å². The van der Waals surface area contributed by atoms with E-state index in [1.54, 1.807) is 0 Å². The van der Waals surface area contributed by atoms with Crippen molar-refractivity contribution in [1.82, 2.24) is 0 Å². The molecule has 1 aromatic carbocycles. The van der Waals surface area contributed by atoms with Crippen LogP contribution in [0.5, 0.6) is 0 Å². The minimum absolute atomic E-state index is 0.0453. The van der Waals surface area contributed by atoms with Crippen molar-refractivity contribution in [2.24, 2.45) is 5.92 Å². The van der Waals surface area contributed by atoms with E-state index in [1.807, 2.05) is 11.8 Å². The van der Waals surface area contributed by atoms with Crippen LogP contribution in [0, 0.1) is 17.6 Å². The average Bonchev–Trinajstić information content (AvgIpc) is 3.04. The van der Waals surface area contributed by atoms with Gasteiger partial charge in [0.05, 0.1) is 11.4 Å². The SMILES string of the molecule is CCN(CC1CC1)c1cc(F)cc(F)c1N. The van der Waals surface area contributed by atoms with Crippen molar-refractivity contribution in [3.05, 3.63) is 23.8 Å². The van der Waals surface area contributed by atoms with E-state index in [1.165, 1.54) is 18.9 Å². The molecule has 16 heavy (non-hydrogen) atoms. The van der Waals surface area contributed by atoms with Crippen LogP contribution in [-0.4, -0.2) is 13.1 Å². The fourth-order valence-corrected chi connectivity index (χ4v) is 1.84. The van der Waals surface area contributed by atoms with Gasteiger partial charge in [-0.05, 0) is 31.7 Å². The monoisotopic (exact) mass is 226 g/mol. The summed E-state index contributed by atoms with van der Waals surface area (Å²) in [6, 6.07) is 2.13. The summed E-state index contributed by atoms with van der Waals surface area (Å²) in [7, 11) is 0. The van der Waals surface area contributed by atoms with Gasteiger partial charge in [-0.1, -0.05) is 0 Å². The largest absolute Gasteiger partial charge is 0.395 e. The molecule has 0 amide bonds. The molecule has 0 unspecified atom stereocenters. The zero-order valence-electron chi connectivity index (χ0n) is 9.34. The number of nitrogens with two attached hydrogens (primary N) is 1. The highest BCUT2D eigenvalue weighted by atomic mass is 19.1. The van der Waals surface area contributed by atoms with E-state index < -0.39 is 11.6 Å². The highest BCUT2D eigenvalue weighted by Gasteiger charge is 2.25. The molecule has 0 radical (unpaired) electrons. The third-order valence-corrected chi connectivity index (χ3v) is 2.97. The fraction of sp³-hybridized carbons (Fsp3) is 0.500. The Morgan fingerprint density at radius 1 is 1.38 bits per heavy atom. The third-order valence-electron chi connectivity index (χ3n) is 2.97. The van der Waals surface area contributed by atoms with E-state index in [9.17, 15) is 8.78 Å². The summed E-state index contributed by atoms with van der Waals surface area (Å²) in [6.45, 7) is 3.51. The predicted octanol–water partition coefficient (Wildman–Crippen LogP) is 2.78. The van der Waals surface area contributed by atoms with Crippen LogP contribution in [0.4, 0.5) is 20.2 Å². The molecule has 88 valence electrons. The van der Waals surface area contributed by atoms with E-state index in [0.29, 0.717) is 18.2 Å². The Hall–Kier alpha value is -1.32. The van der Waals surface area contributed by atoms with Crippen LogP contribution in [0.1, 0.15) is 19.8 Å². The molecule has 4 heteroatoms. The van der Waals surface area contributed by atoms with E-state index in [2.05, 4.69) is 0 Å². The molecule has 1 aliphatic carbocycles. The van der Waals surface area contributed by atoms with Crippen LogP contribution in [-0.2, 0) is 0 Å². The van der Waals surface area contributed by atoms with Crippen molar-refractivity contribution in [3.63, 3.8) is 0 Å². The first-order valence-corrected chi connectivity index (χ1v) is 5.61. The van der Waals surface area contributed by atoms with E-state index in [0.717, 1.165) is 12.6 Å². The number of halogens is 2. The lowest BCUT2D eigenvalue weighted by molar-refractivity contribution is 0.584. The van der Waals surface area contributed by atoms with E-state index in [4.69, 9.17) is 5.73 Å². The number of benzene rings is 1. The van der Waals surface area contributed by atoms with Crippen LogP contribution in [0.15, 0.2) is 12.1 Å². The summed E-state index contributed by atoms with van der Waals surface area (Å²) < 4.78 is 26.4. The number of rotatable bonds is 4. The summed E-state index contributed by atoms with van der Waals surface area (Å²) in [5.41, 5.74) is 6.16. The van der Waals surface area contributed by atoms with Gasteiger partial charge in [0, 0.05) is 19.2 Å². The molecule has 2 nitrogen and oxygen atoms in total. The lowest BCUT2D eigenvalue weighted by Crippen LogP contribution is -2.26. The highest BCUT2D eigenvalue weighted by molar-refractivity contribution is 5.68. The standard InChI is InChI=1S/C12H16F2N2/c1-2-16(7-8-3-4-8)11-6-9(13)5-10(14)12(11)15/h5-6,8H,2-4,7,15H2,1H3. The van der Waals surface area contributed by atoms with Gasteiger partial charge in [0.1, 0.15) is 5.82 Å². The molecular formula is C12H16F2N2. The summed E-state index contributed by atoms with van der Waals surface area (Å²) in [5, 5.41) is 0. The number of anilines is 2. The molecule has 0 bridgehead atoms. The molecule has 2 N–H and O–H groups in total. The molecule has 1 saturated carbocycles. The van der Waals surface area contributed by atoms with Gasteiger partial charge in [-0.2, -0.15) is 0 Å². The number of nitrogen functional groups attached to an aromatic ring is 1. The maximum absolute atomic E-state index is 13.3. The molecule has 0 saturated heterocycles. The zero-order valence-corrected chi connectivity index (χ0v) is 9.34. The Kier molecular flexibility index (Phi) is 2.99. The van der Waals surface area contributed by atoms with E-state index >= 15 is 0 Å². The summed E-state index contributed by atoms with van der Waals surface area (Å²) >= 11 is 0. The molecule has 0 aromatic heterocycles. The second kappa shape index (κ2) is 4.28. The van der Waals surface area contributed by atoms with Crippen molar-refractivity contribution in [1.29, 1.82) is 0 Å². The van der Waals surface area contributed by atoms with Crippen LogP contribution in [0.2, 0.25) is 0 Å². The van der Waals surface area contributed by atoms with Crippen molar-refractivity contribution in [2.75, 3.05) is 23.7 Å². The lowest BCUT2D eigenvalue weighted by atomic mass is 10.2. The topological polar surface area (TPSA) is 29.3 Å². The second-order valence-corrected chi connectivity index (χ2v) is 4.30. The van der Waals surface area contributed by atoms with Gasteiger partial charge in [0.15, 0.2) is 5.82 Å². The number of nitrogens with zero attached hydrogens (tertiary/aromatic N) is 1. The summed E-state index contributed by atoms with van der Waals surface area (Å²) in [5.74, 6) is -0.592. The number of hydrogen-bond acceptors (Lipinski definition) is 2. The maximum atomic E-state index is 13.3. The Morgan fingerprint density at radius 2 is 2.06 bits per heavy atom. The average molecular weight is 226 g/mol. The third kappa shape index (κ3) is 2.26. The predicted molar refractivity (Wildman–Crippen MR) is 61.4 cm³/mol. The summed E-state index contributed by atoms with van der Waals surface area (Å²) in [6.07, 6.45) is 2.41. The maximum Gasteiger partial charge on any atom is 0.151 e. The second-order valence-electron chi connectivity index (χ2n) is 4.30. The Morgan fingerprint density at radius 3 is 2.62 bits per heavy atom. The van der Waals surface area contributed by atoms with Gasteiger partial charge >= 0.3 is 0 Å². The highest BCUT2D eigenvalue weighted by Crippen LogP contribution is 2.34. The molecule has 1 fully saturated rings. The van der Waals surface area contributed by atoms with Crippen molar-refractivity contribution < 1.29 is 8.78 Å². The van der Waals surface area contributed by atoms with Crippen LogP contribution >= 0.6 is 0 Å². The smallest absolute Gasteiger partial charge is 0.151 e. The Bertz CT molecular complexity index is 389. The first-order chi connectivity index (χ1) is 7.61. The normalized spacial score (nSPS) is 15.2. The lowest BCUT2D eigenvalue weighted by Gasteiger charge is -2.24. The van der Waals surface area contributed by atoms with Crippen LogP contribution in [0.25, 0.3) is 0 Å². The van der Waals surface area contributed by atoms with Gasteiger partial charge in [0.25, 0.3) is 0 Å². The minimum atomic E-state index is -0.677. The first-order valence-electron chi connectivity index (χ1n) is 5.61. The van der Waals surface area contributed by atoms with Crippen LogP contribution in [0.3, 0.4) is 0 Å². The molecule has 0 aliphatic heterocycles. The van der Waals surface area contributed by atoms with Crippen LogP contribution < -0.4 is 10.6 Å². The van der Waals surface area contributed by atoms with Gasteiger partial charge in [0.2, 0.25) is 0 Å². The van der Waals surface area contributed by atoms with Gasteiger partial charge < -0.3 is 10.6 Å². The van der Waals surface area contributed by atoms with Gasteiger partial charge in [-0.25, -0.2) is 8.78 Å². The minimum Gasteiger partial charge on any atom is -0.395 e. The van der Waals surface area contributed by atoms with Gasteiger partial charge in [-0.3, -0.25) is 0 Å². The van der Waals surface area contributed by atoms with Crippen molar-refractivity contribution >= 4 is 11.4 Å². The molecular weight excluding hydrogens is 210 g/mol. The summed E-state index contributed by atoms with van der Waals surface area (Å²) in [4.78, 5) is 1.94. The molecule has 0 spiro atoms. The molecule has 1 aliphatic rings. The zero-order chi connectivity index (χ0) is 11.7.